The Balaban J connectivity index is 1.97. The molecule has 0 saturated heterocycles. The largest absolute Gasteiger partial charge is 0.494 e. The second kappa shape index (κ2) is 5.92. The van der Waals surface area contributed by atoms with Gasteiger partial charge in [0.05, 0.1) is 0 Å². The van der Waals surface area contributed by atoms with E-state index in [2.05, 4.69) is 5.18 Å². The maximum atomic E-state index is 11.3. The van der Waals surface area contributed by atoms with E-state index in [-0.39, 0.29) is 17.3 Å². The van der Waals surface area contributed by atoms with Crippen LogP contribution in [0.25, 0.3) is 10.8 Å². The Kier molecular flexibility index (Phi) is 3.80. The number of carbonyl (C=O) groups is 1. The predicted octanol–water partition coefficient (Wildman–Crippen LogP) is 3.20. The van der Waals surface area contributed by atoms with E-state index in [1.54, 1.807) is 0 Å². The number of aromatic hydroxyl groups is 2. The first-order valence-electron chi connectivity index (χ1n) is 7.07. The third-order valence-electron chi connectivity index (χ3n) is 3.81. The highest BCUT2D eigenvalue weighted by Crippen LogP contribution is 2.37. The molecule has 2 aromatic carbocycles. The minimum atomic E-state index is -0.914. The van der Waals surface area contributed by atoms with Crippen molar-refractivity contribution in [1.82, 2.24) is 4.57 Å². The number of benzene rings is 2. The van der Waals surface area contributed by atoms with Crippen LogP contribution in [0.15, 0.2) is 53.7 Å². The van der Waals surface area contributed by atoms with E-state index in [0.717, 1.165) is 5.56 Å². The topological polar surface area (TPSA) is 91.9 Å². The van der Waals surface area contributed by atoms with Gasteiger partial charge in [0, 0.05) is 28.1 Å². The molecule has 0 aliphatic heterocycles. The van der Waals surface area contributed by atoms with Crippen molar-refractivity contribution >= 4 is 16.7 Å². The molecule has 1 aromatic heterocycles. The van der Waals surface area contributed by atoms with Crippen molar-refractivity contribution in [2.24, 2.45) is 5.18 Å². The molecular weight excluding hydrogens is 296 g/mol. The number of hydrogen-bond acceptors (Lipinski definition) is 4. The summed E-state index contributed by atoms with van der Waals surface area (Å²) in [5.41, 5.74) is 1.15. The average molecular weight is 310 g/mol. The van der Waals surface area contributed by atoms with Crippen LogP contribution in [0.3, 0.4) is 0 Å². The molecule has 6 heteroatoms. The molecule has 0 aliphatic carbocycles. The molecule has 6 nitrogen and oxygen atoms in total. The number of aryl methyl sites for hydroxylation is 1. The fourth-order valence-electron chi connectivity index (χ4n) is 2.60. The molecule has 1 heterocycles. The number of rotatable bonds is 4. The molecule has 0 spiro atoms. The highest BCUT2D eigenvalue weighted by molar-refractivity contribution is 6.02. The fraction of sp³-hybridized carbons (Fsp3) is 0.118. The van der Waals surface area contributed by atoms with Gasteiger partial charge >= 0.3 is 5.91 Å². The predicted molar refractivity (Wildman–Crippen MR) is 85.5 cm³/mol. The van der Waals surface area contributed by atoms with Gasteiger partial charge in [0.2, 0.25) is 11.8 Å². The lowest BCUT2D eigenvalue weighted by Crippen LogP contribution is -2.00. The third-order valence-corrected chi connectivity index (χ3v) is 3.81. The molecule has 0 unspecified atom stereocenters. The van der Waals surface area contributed by atoms with Crippen molar-refractivity contribution in [2.45, 2.75) is 13.0 Å². The van der Waals surface area contributed by atoms with Crippen LogP contribution in [0.4, 0.5) is 0 Å². The minimum absolute atomic E-state index is 0.0722. The molecule has 2 N–H and O–H groups in total. The Morgan fingerprint density at radius 2 is 1.70 bits per heavy atom. The molecule has 23 heavy (non-hydrogen) atoms. The highest BCUT2D eigenvalue weighted by atomic mass is 16.3. The molecule has 3 aromatic rings. The molecule has 0 atom stereocenters. The molecule has 3 rings (SSSR count). The van der Waals surface area contributed by atoms with Crippen LogP contribution in [0.2, 0.25) is 0 Å². The van der Waals surface area contributed by atoms with E-state index in [0.29, 0.717) is 23.7 Å². The van der Waals surface area contributed by atoms with Crippen molar-refractivity contribution < 1.29 is 15.0 Å². The monoisotopic (exact) mass is 310 g/mol. The smallest absolute Gasteiger partial charge is 0.316 e. The number of aromatic nitrogens is 1. The van der Waals surface area contributed by atoms with Gasteiger partial charge in [-0.05, 0) is 30.2 Å². The summed E-state index contributed by atoms with van der Waals surface area (Å²) in [6.07, 6.45) is 0.630. The van der Waals surface area contributed by atoms with Gasteiger partial charge < -0.3 is 10.2 Å². The summed E-state index contributed by atoms with van der Waals surface area (Å²) in [6.45, 7) is 0.381. The van der Waals surface area contributed by atoms with Crippen molar-refractivity contribution in [3.05, 3.63) is 64.6 Å². The first-order valence-corrected chi connectivity index (χ1v) is 7.07. The number of hydrogen-bond donors (Lipinski definition) is 2. The van der Waals surface area contributed by atoms with E-state index in [1.807, 2.05) is 30.3 Å². The van der Waals surface area contributed by atoms with E-state index in [1.165, 1.54) is 22.8 Å². The zero-order chi connectivity index (χ0) is 16.4. The van der Waals surface area contributed by atoms with Gasteiger partial charge in [0.25, 0.3) is 0 Å². The molecular formula is C17H14N2O4. The summed E-state index contributed by atoms with van der Waals surface area (Å²) in [6, 6.07) is 13.9. The van der Waals surface area contributed by atoms with Gasteiger partial charge in [-0.25, -0.2) is 0 Å². The maximum absolute atomic E-state index is 11.3. The molecule has 1 amide bonds. The van der Waals surface area contributed by atoms with Crippen LogP contribution in [0, 0.1) is 4.91 Å². The molecule has 0 bridgehead atoms. The quantitative estimate of drug-likeness (QED) is 0.724. The second-order valence-electron chi connectivity index (χ2n) is 5.19. The van der Waals surface area contributed by atoms with Crippen LogP contribution in [-0.2, 0) is 13.0 Å². The summed E-state index contributed by atoms with van der Waals surface area (Å²) in [5.74, 6) is -1.14. The average Bonchev–Trinajstić information content (AvgIpc) is 2.84. The summed E-state index contributed by atoms with van der Waals surface area (Å²) < 4.78 is 1.38. The highest BCUT2D eigenvalue weighted by Gasteiger charge is 2.17. The fourth-order valence-corrected chi connectivity index (χ4v) is 2.60. The number of nitrogens with zero attached hydrogens (tertiary/aromatic N) is 2. The van der Waals surface area contributed by atoms with Crippen molar-refractivity contribution in [3.63, 3.8) is 0 Å². The van der Waals surface area contributed by atoms with E-state index in [4.69, 9.17) is 0 Å². The Morgan fingerprint density at radius 1 is 1.00 bits per heavy atom. The number of amides is 1. The third kappa shape index (κ3) is 2.66. The lowest BCUT2D eigenvalue weighted by Gasteiger charge is -2.06. The van der Waals surface area contributed by atoms with Crippen molar-refractivity contribution in [3.8, 4) is 11.8 Å². The number of nitroso groups, excluding NO2 is 1. The van der Waals surface area contributed by atoms with Gasteiger partial charge in [-0.15, -0.1) is 4.91 Å². The summed E-state index contributed by atoms with van der Waals surface area (Å²) in [7, 11) is 0. The van der Waals surface area contributed by atoms with Crippen LogP contribution in [-0.4, -0.2) is 20.7 Å². The normalized spacial score (nSPS) is 10.8. The Morgan fingerprint density at radius 3 is 2.39 bits per heavy atom. The lowest BCUT2D eigenvalue weighted by molar-refractivity contribution is 0.100. The standard InChI is InChI=1S/C17H14N2O4/c20-15(18-23)12-6-7-13-14(10-12)17(22)19(16(13)21)9-8-11-4-2-1-3-5-11/h1-7,10,21-22H,8-9H2. The molecule has 0 radical (unpaired) electrons. The molecule has 0 saturated carbocycles. The van der Waals surface area contributed by atoms with Crippen LogP contribution in [0.1, 0.15) is 15.9 Å². The van der Waals surface area contributed by atoms with E-state index in [9.17, 15) is 19.9 Å². The molecule has 116 valence electrons. The van der Waals surface area contributed by atoms with Crippen molar-refractivity contribution in [2.75, 3.05) is 0 Å². The minimum Gasteiger partial charge on any atom is -0.494 e. The van der Waals surface area contributed by atoms with E-state index < -0.39 is 5.91 Å². The summed E-state index contributed by atoms with van der Waals surface area (Å²) in [5, 5.41) is 23.7. The van der Waals surface area contributed by atoms with Gasteiger partial charge in [0.15, 0.2) is 0 Å². The van der Waals surface area contributed by atoms with Gasteiger partial charge in [-0.2, -0.15) is 0 Å². The SMILES string of the molecule is O=NC(=O)c1ccc2c(O)n(CCc3ccccc3)c(O)c2c1. The molecule has 0 aliphatic rings. The maximum Gasteiger partial charge on any atom is 0.316 e. The first kappa shape index (κ1) is 14.8. The second-order valence-corrected chi connectivity index (χ2v) is 5.19. The van der Waals surface area contributed by atoms with Crippen LogP contribution >= 0.6 is 0 Å². The summed E-state index contributed by atoms with van der Waals surface area (Å²) >= 11 is 0. The van der Waals surface area contributed by atoms with E-state index >= 15 is 0 Å². The zero-order valence-electron chi connectivity index (χ0n) is 12.1. The van der Waals surface area contributed by atoms with Crippen molar-refractivity contribution in [1.29, 1.82) is 0 Å². The Bertz CT molecular complexity index is 884. The summed E-state index contributed by atoms with van der Waals surface area (Å²) in [4.78, 5) is 21.7. The Labute approximate surface area is 131 Å². The lowest BCUT2D eigenvalue weighted by atomic mass is 10.1. The van der Waals surface area contributed by atoms with Crippen LogP contribution < -0.4 is 0 Å². The van der Waals surface area contributed by atoms with Crippen LogP contribution in [0.5, 0.6) is 11.8 Å². The zero-order valence-corrected chi connectivity index (χ0v) is 12.1. The molecule has 0 fully saturated rings. The van der Waals surface area contributed by atoms with Gasteiger partial charge in [-0.3, -0.25) is 9.36 Å². The first-order chi connectivity index (χ1) is 11.1. The number of carbonyl (C=O) groups excluding carboxylic acids is 1. The Hall–Kier alpha value is -3.15. The van der Waals surface area contributed by atoms with Gasteiger partial charge in [0.1, 0.15) is 0 Å². The van der Waals surface area contributed by atoms with Gasteiger partial charge in [-0.1, -0.05) is 30.3 Å². The number of fused-ring (bicyclic) bond motifs is 1.